The first-order chi connectivity index (χ1) is 4.20. The molecule has 0 spiro atoms. The third-order valence-corrected chi connectivity index (χ3v) is 2.12. The van der Waals surface area contributed by atoms with Crippen LogP contribution in [0.15, 0.2) is 6.20 Å². The fourth-order valence-corrected chi connectivity index (χ4v) is 0.991. The topological polar surface area (TPSA) is 25.8 Å². The van der Waals surface area contributed by atoms with Crippen molar-refractivity contribution in [1.29, 1.82) is 0 Å². The molecule has 0 radical (unpaired) electrons. The molecule has 2 nitrogen and oxygen atoms in total. The Kier molecular flexibility index (Phi) is 2.00. The lowest BCUT2D eigenvalue weighted by Crippen LogP contribution is -1.91. The van der Waals surface area contributed by atoms with Crippen LogP contribution in [0.3, 0.4) is 0 Å². The minimum Gasteiger partial charge on any atom is -0.241 e. The Morgan fingerprint density at radius 3 is 2.56 bits per heavy atom. The molecule has 48 valence electrons. The van der Waals surface area contributed by atoms with Gasteiger partial charge in [0.05, 0.1) is 0 Å². The fourth-order valence-electron chi connectivity index (χ4n) is 0.503. The van der Waals surface area contributed by atoms with E-state index >= 15 is 0 Å². The van der Waals surface area contributed by atoms with Crippen molar-refractivity contribution in [1.82, 2.24) is 9.97 Å². The first-order valence-corrected chi connectivity index (χ1v) is 3.74. The summed E-state index contributed by atoms with van der Waals surface area (Å²) in [6.45, 7) is 3.89. The van der Waals surface area contributed by atoms with Crippen LogP contribution in [0.1, 0.15) is 11.4 Å². The predicted octanol–water partition coefficient (Wildman–Crippen LogP) is 1.70. The van der Waals surface area contributed by atoms with Crippen LogP contribution in [0.4, 0.5) is 0 Å². The number of rotatable bonds is 0. The van der Waals surface area contributed by atoms with E-state index in [-0.39, 0.29) is 0 Å². The van der Waals surface area contributed by atoms with Crippen molar-refractivity contribution in [2.75, 3.05) is 0 Å². The van der Waals surface area contributed by atoms with Crippen LogP contribution >= 0.6 is 22.6 Å². The quantitative estimate of drug-likeness (QED) is 0.504. The summed E-state index contributed by atoms with van der Waals surface area (Å²) in [5.41, 5.74) is 1.14. The molecule has 0 unspecified atom stereocenters. The Morgan fingerprint density at radius 2 is 2.11 bits per heavy atom. The first kappa shape index (κ1) is 6.92. The van der Waals surface area contributed by atoms with E-state index < -0.39 is 0 Å². The van der Waals surface area contributed by atoms with Gasteiger partial charge in [0.2, 0.25) is 0 Å². The van der Waals surface area contributed by atoms with Gasteiger partial charge in [0.1, 0.15) is 9.53 Å². The fraction of sp³-hybridized carbons (Fsp3) is 0.333. The van der Waals surface area contributed by atoms with Gasteiger partial charge in [-0.2, -0.15) is 0 Å². The predicted molar refractivity (Wildman–Crippen MR) is 44.2 cm³/mol. The highest BCUT2D eigenvalue weighted by Crippen LogP contribution is 2.05. The SMILES string of the molecule is Cc1ncc(C)c(I)n1. The Bertz CT molecular complexity index is 222. The lowest BCUT2D eigenvalue weighted by molar-refractivity contribution is 1.01. The van der Waals surface area contributed by atoms with Gasteiger partial charge in [0.15, 0.2) is 0 Å². The van der Waals surface area contributed by atoms with Gasteiger partial charge >= 0.3 is 0 Å². The molecular weight excluding hydrogens is 227 g/mol. The summed E-state index contributed by atoms with van der Waals surface area (Å²) >= 11 is 2.20. The Balaban J connectivity index is 3.17. The van der Waals surface area contributed by atoms with Gasteiger partial charge in [0.25, 0.3) is 0 Å². The van der Waals surface area contributed by atoms with Crippen LogP contribution in [0.25, 0.3) is 0 Å². The van der Waals surface area contributed by atoms with Crippen molar-refractivity contribution in [3.8, 4) is 0 Å². The van der Waals surface area contributed by atoms with Gasteiger partial charge in [-0.05, 0) is 42.0 Å². The lowest BCUT2D eigenvalue weighted by Gasteiger charge is -1.94. The van der Waals surface area contributed by atoms with Crippen molar-refractivity contribution in [3.63, 3.8) is 0 Å². The molecule has 0 aliphatic rings. The van der Waals surface area contributed by atoms with Gasteiger partial charge in [0, 0.05) is 6.20 Å². The molecule has 0 N–H and O–H groups in total. The Labute approximate surface area is 67.9 Å². The van der Waals surface area contributed by atoms with E-state index in [4.69, 9.17) is 0 Å². The van der Waals surface area contributed by atoms with E-state index in [1.165, 1.54) is 0 Å². The molecule has 9 heavy (non-hydrogen) atoms. The zero-order valence-electron chi connectivity index (χ0n) is 5.35. The third kappa shape index (κ3) is 1.61. The second-order valence-corrected chi connectivity index (χ2v) is 2.91. The summed E-state index contributed by atoms with van der Waals surface area (Å²) in [6, 6.07) is 0. The molecule has 0 saturated heterocycles. The molecule has 0 amide bonds. The molecule has 0 aromatic carbocycles. The molecule has 0 aliphatic heterocycles. The van der Waals surface area contributed by atoms with Crippen LogP contribution in [0.5, 0.6) is 0 Å². The van der Waals surface area contributed by atoms with Gasteiger partial charge in [-0.25, -0.2) is 9.97 Å². The highest BCUT2D eigenvalue weighted by Gasteiger charge is 1.93. The maximum Gasteiger partial charge on any atom is 0.126 e. The zero-order valence-corrected chi connectivity index (χ0v) is 7.51. The average Bonchev–Trinajstić information content (AvgIpc) is 1.80. The van der Waals surface area contributed by atoms with Crippen molar-refractivity contribution in [2.45, 2.75) is 13.8 Å². The van der Waals surface area contributed by atoms with Crippen molar-refractivity contribution in [3.05, 3.63) is 21.3 Å². The first-order valence-electron chi connectivity index (χ1n) is 2.66. The summed E-state index contributed by atoms with van der Waals surface area (Å²) in [4.78, 5) is 8.17. The molecule has 1 heterocycles. The Hall–Kier alpha value is -0.190. The minimum absolute atomic E-state index is 0.838. The van der Waals surface area contributed by atoms with E-state index in [0.29, 0.717) is 0 Å². The number of nitrogens with zero attached hydrogens (tertiary/aromatic N) is 2. The molecule has 0 fully saturated rings. The van der Waals surface area contributed by atoms with E-state index in [2.05, 4.69) is 32.6 Å². The van der Waals surface area contributed by atoms with E-state index in [9.17, 15) is 0 Å². The smallest absolute Gasteiger partial charge is 0.126 e. The molecule has 0 saturated carbocycles. The highest BCUT2D eigenvalue weighted by molar-refractivity contribution is 14.1. The van der Waals surface area contributed by atoms with E-state index in [0.717, 1.165) is 15.1 Å². The maximum atomic E-state index is 4.15. The summed E-state index contributed by atoms with van der Waals surface area (Å²) in [5, 5.41) is 0. The number of aryl methyl sites for hydroxylation is 2. The van der Waals surface area contributed by atoms with E-state index in [1.807, 2.05) is 20.0 Å². The number of halogens is 1. The molecule has 1 aromatic rings. The normalized spacial score (nSPS) is 9.67. The summed E-state index contributed by atoms with van der Waals surface area (Å²) in [7, 11) is 0. The Morgan fingerprint density at radius 1 is 1.44 bits per heavy atom. The maximum absolute atomic E-state index is 4.15. The van der Waals surface area contributed by atoms with Gasteiger partial charge in [-0.3, -0.25) is 0 Å². The van der Waals surface area contributed by atoms with Crippen LogP contribution in [-0.4, -0.2) is 9.97 Å². The standard InChI is InChI=1S/C6H7IN2/c1-4-3-8-5(2)9-6(4)7/h3H,1-2H3. The van der Waals surface area contributed by atoms with Crippen LogP contribution in [0, 0.1) is 17.5 Å². The summed E-state index contributed by atoms with van der Waals surface area (Å²) < 4.78 is 1.04. The molecule has 1 rings (SSSR count). The van der Waals surface area contributed by atoms with Crippen LogP contribution in [0.2, 0.25) is 0 Å². The molecule has 3 heteroatoms. The molecule has 0 atom stereocenters. The van der Waals surface area contributed by atoms with Crippen LogP contribution < -0.4 is 0 Å². The molecule has 1 aromatic heterocycles. The average molecular weight is 234 g/mol. The number of hydrogen-bond acceptors (Lipinski definition) is 2. The number of hydrogen-bond donors (Lipinski definition) is 0. The number of aromatic nitrogens is 2. The van der Waals surface area contributed by atoms with Gasteiger partial charge < -0.3 is 0 Å². The largest absolute Gasteiger partial charge is 0.241 e. The second-order valence-electron chi connectivity index (χ2n) is 1.89. The third-order valence-electron chi connectivity index (χ3n) is 1.03. The van der Waals surface area contributed by atoms with Gasteiger partial charge in [-0.15, -0.1) is 0 Å². The van der Waals surface area contributed by atoms with E-state index in [1.54, 1.807) is 0 Å². The van der Waals surface area contributed by atoms with Gasteiger partial charge in [-0.1, -0.05) is 0 Å². The second kappa shape index (κ2) is 2.60. The summed E-state index contributed by atoms with van der Waals surface area (Å²) in [6.07, 6.45) is 1.84. The van der Waals surface area contributed by atoms with Crippen LogP contribution in [-0.2, 0) is 0 Å². The van der Waals surface area contributed by atoms with Crippen molar-refractivity contribution < 1.29 is 0 Å². The highest BCUT2D eigenvalue weighted by atomic mass is 127. The molecule has 0 bridgehead atoms. The van der Waals surface area contributed by atoms with Crippen molar-refractivity contribution in [2.24, 2.45) is 0 Å². The monoisotopic (exact) mass is 234 g/mol. The minimum atomic E-state index is 0.838. The zero-order chi connectivity index (χ0) is 6.85. The molecular formula is C6H7IN2. The summed E-state index contributed by atoms with van der Waals surface area (Å²) in [5.74, 6) is 0.838. The lowest BCUT2D eigenvalue weighted by atomic mass is 10.4. The van der Waals surface area contributed by atoms with Crippen molar-refractivity contribution >= 4 is 22.6 Å². The molecule has 0 aliphatic carbocycles.